The first-order valence-electron chi connectivity index (χ1n) is 6.27. The first kappa shape index (κ1) is 14.2. The van der Waals surface area contributed by atoms with Gasteiger partial charge in [0.1, 0.15) is 5.82 Å². The quantitative estimate of drug-likeness (QED) is 0.839. The van der Waals surface area contributed by atoms with E-state index in [4.69, 9.17) is 5.73 Å². The molecule has 1 nitrogen and oxygen atoms in total. The molecule has 1 atom stereocenters. The van der Waals surface area contributed by atoms with Gasteiger partial charge in [0.15, 0.2) is 0 Å². The molecule has 0 spiro atoms. The molecule has 0 aromatic heterocycles. The van der Waals surface area contributed by atoms with Crippen LogP contribution in [0.15, 0.2) is 18.2 Å². The maximum Gasteiger partial charge on any atom is 0.127 e. The van der Waals surface area contributed by atoms with E-state index in [-0.39, 0.29) is 17.3 Å². The van der Waals surface area contributed by atoms with Crippen molar-refractivity contribution < 1.29 is 4.39 Å². The zero-order chi connectivity index (χ0) is 13.2. The van der Waals surface area contributed by atoms with E-state index in [1.807, 2.05) is 12.1 Å². The fraction of sp³-hybridized carbons (Fsp3) is 0.600. The summed E-state index contributed by atoms with van der Waals surface area (Å²) >= 11 is 0. The maximum atomic E-state index is 13.8. The van der Waals surface area contributed by atoms with Crippen molar-refractivity contribution in [3.05, 3.63) is 35.1 Å². The second-order valence-corrected chi connectivity index (χ2v) is 6.22. The summed E-state index contributed by atoms with van der Waals surface area (Å²) in [6.07, 6.45) is 0.810. The Bertz CT molecular complexity index is 377. The number of nitrogens with two attached hydrogens (primary N) is 1. The van der Waals surface area contributed by atoms with Crippen LogP contribution in [-0.4, -0.2) is 0 Å². The Hall–Kier alpha value is -0.890. The van der Waals surface area contributed by atoms with Gasteiger partial charge in [0.05, 0.1) is 0 Å². The van der Waals surface area contributed by atoms with Gasteiger partial charge in [0.25, 0.3) is 0 Å². The van der Waals surface area contributed by atoms with E-state index in [0.29, 0.717) is 11.5 Å². The van der Waals surface area contributed by atoms with Crippen molar-refractivity contribution in [2.24, 2.45) is 11.7 Å². The van der Waals surface area contributed by atoms with Gasteiger partial charge in [-0.05, 0) is 29.4 Å². The van der Waals surface area contributed by atoms with Crippen LogP contribution in [0.5, 0.6) is 0 Å². The van der Waals surface area contributed by atoms with Crippen LogP contribution in [0.25, 0.3) is 0 Å². The molecule has 0 fully saturated rings. The topological polar surface area (TPSA) is 26.0 Å². The van der Waals surface area contributed by atoms with Crippen LogP contribution in [0.1, 0.15) is 58.2 Å². The predicted octanol–water partition coefficient (Wildman–Crippen LogP) is 4.17. The Labute approximate surface area is 104 Å². The van der Waals surface area contributed by atoms with Gasteiger partial charge in [-0.1, -0.05) is 46.8 Å². The van der Waals surface area contributed by atoms with Gasteiger partial charge in [-0.3, -0.25) is 0 Å². The molecule has 96 valence electrons. The molecule has 1 rings (SSSR count). The van der Waals surface area contributed by atoms with Crippen molar-refractivity contribution in [1.82, 2.24) is 0 Å². The van der Waals surface area contributed by atoms with E-state index < -0.39 is 0 Å². The summed E-state index contributed by atoms with van der Waals surface area (Å²) in [6.45, 7) is 10.6. The van der Waals surface area contributed by atoms with Crippen molar-refractivity contribution in [2.75, 3.05) is 0 Å². The highest BCUT2D eigenvalue weighted by atomic mass is 19.1. The van der Waals surface area contributed by atoms with Crippen LogP contribution in [0, 0.1) is 11.7 Å². The Balaban J connectivity index is 3.06. The van der Waals surface area contributed by atoms with Crippen LogP contribution in [-0.2, 0) is 5.41 Å². The molecule has 0 aliphatic rings. The van der Waals surface area contributed by atoms with E-state index >= 15 is 0 Å². The lowest BCUT2D eigenvalue weighted by Gasteiger charge is -2.22. The van der Waals surface area contributed by atoms with Gasteiger partial charge >= 0.3 is 0 Å². The molecule has 0 aliphatic heterocycles. The van der Waals surface area contributed by atoms with Crippen LogP contribution in [0.3, 0.4) is 0 Å². The summed E-state index contributed by atoms with van der Waals surface area (Å²) in [5.74, 6) is 0.286. The van der Waals surface area contributed by atoms with Crippen LogP contribution in [0.2, 0.25) is 0 Å². The second-order valence-electron chi connectivity index (χ2n) is 6.22. The van der Waals surface area contributed by atoms with E-state index in [0.717, 1.165) is 12.0 Å². The SMILES string of the molecule is CC(C)CC(N)c1cc(C(C)(C)C)ccc1F. The normalized spacial score (nSPS) is 14.1. The summed E-state index contributed by atoms with van der Waals surface area (Å²) in [7, 11) is 0. The minimum Gasteiger partial charge on any atom is -0.324 e. The van der Waals surface area contributed by atoms with Crippen molar-refractivity contribution in [3.63, 3.8) is 0 Å². The van der Waals surface area contributed by atoms with Gasteiger partial charge in [0, 0.05) is 11.6 Å². The number of hydrogen-bond donors (Lipinski definition) is 1. The molecule has 1 aromatic carbocycles. The number of rotatable bonds is 3. The third-order valence-electron chi connectivity index (χ3n) is 2.99. The summed E-state index contributed by atoms with van der Waals surface area (Å²) < 4.78 is 13.8. The van der Waals surface area contributed by atoms with Crippen molar-refractivity contribution in [3.8, 4) is 0 Å². The molecular formula is C15H24FN. The highest BCUT2D eigenvalue weighted by Crippen LogP contribution is 2.28. The van der Waals surface area contributed by atoms with E-state index in [1.54, 1.807) is 0 Å². The zero-order valence-corrected chi connectivity index (χ0v) is 11.5. The van der Waals surface area contributed by atoms with Crippen molar-refractivity contribution in [2.45, 2.75) is 52.5 Å². The van der Waals surface area contributed by atoms with Crippen LogP contribution < -0.4 is 5.73 Å². The average molecular weight is 237 g/mol. The summed E-state index contributed by atoms with van der Waals surface area (Å²) in [5.41, 5.74) is 7.87. The summed E-state index contributed by atoms with van der Waals surface area (Å²) in [4.78, 5) is 0. The molecule has 2 heteroatoms. The Morgan fingerprint density at radius 2 is 1.82 bits per heavy atom. The van der Waals surface area contributed by atoms with Gasteiger partial charge < -0.3 is 5.73 Å². The molecule has 0 bridgehead atoms. The molecule has 0 aliphatic carbocycles. The minimum atomic E-state index is -0.211. The lowest BCUT2D eigenvalue weighted by Crippen LogP contribution is -2.17. The molecule has 1 aromatic rings. The lowest BCUT2D eigenvalue weighted by molar-refractivity contribution is 0.486. The number of benzene rings is 1. The van der Waals surface area contributed by atoms with Gasteiger partial charge in [-0.25, -0.2) is 4.39 Å². The van der Waals surface area contributed by atoms with Gasteiger partial charge in [-0.15, -0.1) is 0 Å². The molecule has 1 unspecified atom stereocenters. The third kappa shape index (κ3) is 3.81. The molecule has 0 saturated carbocycles. The minimum absolute atomic E-state index is 0.0278. The van der Waals surface area contributed by atoms with E-state index in [2.05, 4.69) is 34.6 Å². The molecule has 17 heavy (non-hydrogen) atoms. The average Bonchev–Trinajstić information content (AvgIpc) is 2.15. The molecule has 0 radical (unpaired) electrons. The highest BCUT2D eigenvalue weighted by molar-refractivity contribution is 5.31. The van der Waals surface area contributed by atoms with Gasteiger partial charge in [-0.2, -0.15) is 0 Å². The fourth-order valence-electron chi connectivity index (χ4n) is 1.93. The number of hydrogen-bond acceptors (Lipinski definition) is 1. The van der Waals surface area contributed by atoms with Crippen molar-refractivity contribution >= 4 is 0 Å². The highest BCUT2D eigenvalue weighted by Gasteiger charge is 2.18. The Morgan fingerprint density at radius 1 is 1.24 bits per heavy atom. The fourth-order valence-corrected chi connectivity index (χ4v) is 1.93. The maximum absolute atomic E-state index is 13.8. The molecule has 0 amide bonds. The second kappa shape index (κ2) is 5.18. The van der Waals surface area contributed by atoms with Gasteiger partial charge in [0.2, 0.25) is 0 Å². The predicted molar refractivity (Wildman–Crippen MR) is 71.5 cm³/mol. The monoisotopic (exact) mass is 237 g/mol. The van der Waals surface area contributed by atoms with Crippen molar-refractivity contribution in [1.29, 1.82) is 0 Å². The number of halogens is 1. The molecule has 0 saturated heterocycles. The van der Waals surface area contributed by atoms with E-state index in [1.165, 1.54) is 6.07 Å². The molecular weight excluding hydrogens is 213 g/mol. The standard InChI is InChI=1S/C15H24FN/c1-10(2)8-14(17)12-9-11(15(3,4)5)6-7-13(12)16/h6-7,9-10,14H,8,17H2,1-5H3. The first-order valence-corrected chi connectivity index (χ1v) is 6.27. The zero-order valence-electron chi connectivity index (χ0n) is 11.5. The third-order valence-corrected chi connectivity index (χ3v) is 2.99. The van der Waals surface area contributed by atoms with Crippen LogP contribution in [0.4, 0.5) is 4.39 Å². The van der Waals surface area contributed by atoms with E-state index in [9.17, 15) is 4.39 Å². The summed E-state index contributed by atoms with van der Waals surface area (Å²) in [5, 5.41) is 0. The first-order chi connectivity index (χ1) is 7.71. The lowest BCUT2D eigenvalue weighted by atomic mass is 9.84. The molecule has 2 N–H and O–H groups in total. The van der Waals surface area contributed by atoms with Crippen LogP contribution >= 0.6 is 0 Å². The Morgan fingerprint density at radius 3 is 2.29 bits per heavy atom. The summed E-state index contributed by atoms with van der Waals surface area (Å²) in [6, 6.07) is 5.09. The largest absolute Gasteiger partial charge is 0.324 e. The molecule has 0 heterocycles. The smallest absolute Gasteiger partial charge is 0.127 e. The Kier molecular flexibility index (Phi) is 4.31.